The van der Waals surface area contributed by atoms with Crippen molar-refractivity contribution >= 4 is 18.0 Å². The predicted octanol–water partition coefficient (Wildman–Crippen LogP) is 2.84. The van der Waals surface area contributed by atoms with Crippen LogP contribution in [-0.2, 0) is 19.1 Å². The molecule has 0 atom stereocenters. The number of benzene rings is 1. The summed E-state index contributed by atoms with van der Waals surface area (Å²) in [7, 11) is 2.46. The molecule has 0 spiro atoms. The molecule has 0 aliphatic heterocycles. The molecule has 4 nitrogen and oxygen atoms in total. The van der Waals surface area contributed by atoms with Crippen molar-refractivity contribution in [2.24, 2.45) is 5.41 Å². The summed E-state index contributed by atoms with van der Waals surface area (Å²) in [5, 5.41) is 0. The summed E-state index contributed by atoms with van der Waals surface area (Å²) >= 11 is 0. The molecule has 0 aliphatic rings. The summed E-state index contributed by atoms with van der Waals surface area (Å²) in [5.41, 5.74) is -0.402. The molecule has 0 unspecified atom stereocenters. The van der Waals surface area contributed by atoms with Crippen molar-refractivity contribution in [1.82, 2.24) is 0 Å². The summed E-state index contributed by atoms with van der Waals surface area (Å²) in [4.78, 5) is 24.1. The molecule has 0 fully saturated rings. The number of carbonyl (C=O) groups excluding carboxylic acids is 2. The Kier molecular flexibility index (Phi) is 6.91. The number of rotatable bonds is 7. The maximum Gasteiger partial charge on any atom is 0.324 e. The fraction of sp³-hybridized carbons (Fsp3) is 0.333. The van der Waals surface area contributed by atoms with E-state index in [-0.39, 0.29) is 12.8 Å². The Morgan fingerprint density at radius 3 is 2.27 bits per heavy atom. The molecule has 0 bridgehead atoms. The number of methoxy groups -OCH3 is 2. The molecule has 0 radical (unpaired) electrons. The first-order chi connectivity index (χ1) is 10.6. The second-order valence-corrected chi connectivity index (χ2v) is 4.80. The average molecular weight is 300 g/mol. The minimum atomic E-state index is -1.45. The average Bonchev–Trinajstić information content (AvgIpc) is 2.57. The third-order valence-corrected chi connectivity index (χ3v) is 3.40. The van der Waals surface area contributed by atoms with E-state index in [0.29, 0.717) is 6.42 Å². The Morgan fingerprint density at radius 2 is 1.77 bits per heavy atom. The molecular weight excluding hydrogens is 280 g/mol. The van der Waals surface area contributed by atoms with Gasteiger partial charge in [0.1, 0.15) is 0 Å². The van der Waals surface area contributed by atoms with E-state index in [9.17, 15) is 9.59 Å². The van der Waals surface area contributed by atoms with Crippen LogP contribution in [0.5, 0.6) is 0 Å². The fourth-order valence-electron chi connectivity index (χ4n) is 2.20. The van der Waals surface area contributed by atoms with Crippen LogP contribution >= 0.6 is 0 Å². The summed E-state index contributed by atoms with van der Waals surface area (Å²) in [6.07, 6.45) is 9.82. The number of hydrogen-bond acceptors (Lipinski definition) is 4. The lowest BCUT2D eigenvalue weighted by molar-refractivity contribution is -0.169. The molecule has 22 heavy (non-hydrogen) atoms. The first-order valence-corrected chi connectivity index (χ1v) is 6.92. The van der Waals surface area contributed by atoms with E-state index in [1.807, 2.05) is 42.5 Å². The highest BCUT2D eigenvalue weighted by atomic mass is 16.5. The minimum Gasteiger partial charge on any atom is -0.468 e. The molecule has 4 heteroatoms. The van der Waals surface area contributed by atoms with Gasteiger partial charge in [-0.05, 0) is 18.4 Å². The molecule has 0 N–H and O–H groups in total. The fourth-order valence-corrected chi connectivity index (χ4v) is 2.20. The van der Waals surface area contributed by atoms with Gasteiger partial charge in [-0.2, -0.15) is 0 Å². The highest BCUT2D eigenvalue weighted by molar-refractivity contribution is 6.00. The Bertz CT molecular complexity index is 550. The third kappa shape index (κ3) is 4.23. The van der Waals surface area contributed by atoms with Gasteiger partial charge in [-0.1, -0.05) is 42.5 Å². The third-order valence-electron chi connectivity index (χ3n) is 3.40. The molecule has 0 aliphatic carbocycles. The Labute approximate surface area is 131 Å². The topological polar surface area (TPSA) is 52.6 Å². The minimum absolute atomic E-state index is 0.0501. The van der Waals surface area contributed by atoms with Crippen LogP contribution < -0.4 is 0 Å². The van der Waals surface area contributed by atoms with Gasteiger partial charge in [-0.15, -0.1) is 12.3 Å². The van der Waals surface area contributed by atoms with Gasteiger partial charge in [0, 0.05) is 6.42 Å². The normalized spacial score (nSPS) is 11.0. The van der Waals surface area contributed by atoms with E-state index in [2.05, 4.69) is 5.92 Å². The Balaban J connectivity index is 2.85. The lowest BCUT2D eigenvalue weighted by atomic mass is 9.80. The monoisotopic (exact) mass is 300 g/mol. The van der Waals surface area contributed by atoms with E-state index in [0.717, 1.165) is 5.56 Å². The standard InChI is InChI=1S/C18H20O4/c1-4-13-18(16(19)21-2,17(20)22-3)14-9-8-12-15-10-6-5-7-11-15/h1,5-8,10-12H,9,13-14H2,2-3H3/b12-8+. The summed E-state index contributed by atoms with van der Waals surface area (Å²) < 4.78 is 9.49. The van der Waals surface area contributed by atoms with Gasteiger partial charge in [0.25, 0.3) is 0 Å². The van der Waals surface area contributed by atoms with Crippen molar-refractivity contribution in [3.63, 3.8) is 0 Å². The molecule has 0 saturated heterocycles. The van der Waals surface area contributed by atoms with Gasteiger partial charge in [0.2, 0.25) is 0 Å². The maximum atomic E-state index is 12.0. The summed E-state index contributed by atoms with van der Waals surface area (Å²) in [6.45, 7) is 0. The van der Waals surface area contributed by atoms with Crippen LogP contribution in [0.1, 0.15) is 24.8 Å². The molecule has 1 aromatic carbocycles. The van der Waals surface area contributed by atoms with Crippen LogP contribution in [0, 0.1) is 17.8 Å². The number of carbonyl (C=O) groups is 2. The van der Waals surface area contributed by atoms with Crippen LogP contribution in [0.2, 0.25) is 0 Å². The van der Waals surface area contributed by atoms with Crippen LogP contribution in [0.15, 0.2) is 36.4 Å². The first kappa shape index (κ1) is 17.5. The molecule has 0 heterocycles. The lowest BCUT2D eigenvalue weighted by Gasteiger charge is -2.25. The number of hydrogen-bond donors (Lipinski definition) is 0. The number of esters is 2. The molecule has 0 saturated carbocycles. The Hall–Kier alpha value is -2.54. The molecular formula is C18H20O4. The van der Waals surface area contributed by atoms with Crippen LogP contribution in [0.4, 0.5) is 0 Å². The van der Waals surface area contributed by atoms with Crippen LogP contribution in [0.3, 0.4) is 0 Å². The second-order valence-electron chi connectivity index (χ2n) is 4.80. The molecule has 0 amide bonds. The van der Waals surface area contributed by atoms with E-state index in [1.54, 1.807) is 0 Å². The van der Waals surface area contributed by atoms with E-state index < -0.39 is 17.4 Å². The quantitative estimate of drug-likeness (QED) is 0.441. The van der Waals surface area contributed by atoms with E-state index >= 15 is 0 Å². The summed E-state index contributed by atoms with van der Waals surface area (Å²) in [6, 6.07) is 9.73. The zero-order valence-corrected chi connectivity index (χ0v) is 12.9. The van der Waals surface area contributed by atoms with Crippen molar-refractivity contribution in [3.8, 4) is 12.3 Å². The van der Waals surface area contributed by atoms with Gasteiger partial charge in [0.15, 0.2) is 5.41 Å². The molecule has 116 valence electrons. The number of ether oxygens (including phenoxy) is 2. The zero-order chi connectivity index (χ0) is 16.4. The predicted molar refractivity (Wildman–Crippen MR) is 84.6 cm³/mol. The largest absolute Gasteiger partial charge is 0.468 e. The van der Waals surface area contributed by atoms with Crippen molar-refractivity contribution in [2.75, 3.05) is 14.2 Å². The molecule has 1 aromatic rings. The first-order valence-electron chi connectivity index (χ1n) is 6.92. The van der Waals surface area contributed by atoms with Gasteiger partial charge < -0.3 is 9.47 Å². The lowest BCUT2D eigenvalue weighted by Crippen LogP contribution is -2.41. The maximum absolute atomic E-state index is 12.0. The highest BCUT2D eigenvalue weighted by Gasteiger charge is 2.47. The van der Waals surface area contributed by atoms with Crippen molar-refractivity contribution < 1.29 is 19.1 Å². The van der Waals surface area contributed by atoms with Gasteiger partial charge in [-0.25, -0.2) is 0 Å². The zero-order valence-electron chi connectivity index (χ0n) is 12.9. The number of allylic oxidation sites excluding steroid dienone is 1. The van der Waals surface area contributed by atoms with E-state index in [4.69, 9.17) is 15.9 Å². The smallest absolute Gasteiger partial charge is 0.324 e. The Morgan fingerprint density at radius 1 is 1.18 bits per heavy atom. The van der Waals surface area contributed by atoms with Crippen molar-refractivity contribution in [1.29, 1.82) is 0 Å². The highest BCUT2D eigenvalue weighted by Crippen LogP contribution is 2.31. The van der Waals surface area contributed by atoms with Gasteiger partial charge >= 0.3 is 11.9 Å². The SMILES string of the molecule is C#CCC(CC/C=C/c1ccccc1)(C(=O)OC)C(=O)OC. The number of terminal acetylenes is 1. The van der Waals surface area contributed by atoms with E-state index in [1.165, 1.54) is 14.2 Å². The van der Waals surface area contributed by atoms with Gasteiger partial charge in [0.05, 0.1) is 14.2 Å². The molecule has 0 aromatic heterocycles. The van der Waals surface area contributed by atoms with Crippen LogP contribution in [-0.4, -0.2) is 26.2 Å². The van der Waals surface area contributed by atoms with Crippen molar-refractivity contribution in [3.05, 3.63) is 42.0 Å². The second kappa shape index (κ2) is 8.68. The van der Waals surface area contributed by atoms with Gasteiger partial charge in [-0.3, -0.25) is 9.59 Å². The summed E-state index contributed by atoms with van der Waals surface area (Å²) in [5.74, 6) is 1.05. The van der Waals surface area contributed by atoms with Crippen molar-refractivity contribution in [2.45, 2.75) is 19.3 Å². The molecule has 1 rings (SSSR count). The van der Waals surface area contributed by atoms with Crippen LogP contribution in [0.25, 0.3) is 6.08 Å².